The molecular weight excluding hydrogens is 183 g/mol. The Hall–Kier alpha value is -0.0300. The van der Waals surface area contributed by atoms with Gasteiger partial charge in [-0.2, -0.15) is 0 Å². The summed E-state index contributed by atoms with van der Waals surface area (Å²) in [5, 5.41) is 8.93. The van der Waals surface area contributed by atoms with Gasteiger partial charge in [-0.15, -0.1) is 16.9 Å². The van der Waals surface area contributed by atoms with Crippen LogP contribution in [0.5, 0.6) is 0 Å². The maximum Gasteiger partial charge on any atom is -0.0809 e. The van der Waals surface area contributed by atoms with Crippen molar-refractivity contribution in [3.05, 3.63) is 0 Å². The monoisotopic (exact) mass is 198 g/mol. The zero-order valence-electron chi connectivity index (χ0n) is 6.63. The second-order valence-electron chi connectivity index (χ2n) is 0.667. The fourth-order valence-corrected chi connectivity index (χ4v) is 0. The van der Waals surface area contributed by atoms with Crippen molar-refractivity contribution in [2.75, 3.05) is 6.61 Å². The number of hydrogen-bond donors (Lipinski definition) is 2. The highest BCUT2D eigenvalue weighted by molar-refractivity contribution is 3.79. The van der Waals surface area contributed by atoms with Crippen molar-refractivity contribution in [3.63, 3.8) is 0 Å². The van der Waals surface area contributed by atoms with E-state index in [4.69, 9.17) is 23.7 Å². The number of quaternary nitrogens is 2. The lowest BCUT2D eigenvalue weighted by atomic mass is 10.9. The van der Waals surface area contributed by atoms with Crippen LogP contribution in [0.15, 0.2) is 0 Å². The molecule has 0 bridgehead atoms. The Labute approximate surface area is 66.3 Å². The zero-order chi connectivity index (χ0) is 7.21. The lowest BCUT2D eigenvalue weighted by Gasteiger charge is -2.17. The third kappa shape index (κ3) is 704000. The quantitative estimate of drug-likeness (QED) is 0.388. The number of halogens is 1. The van der Waals surface area contributed by atoms with Gasteiger partial charge in [0.2, 0.25) is 0 Å². The molecule has 0 saturated heterocycles. The second kappa shape index (κ2) is 16.5. The summed E-state index contributed by atoms with van der Waals surface area (Å²) in [4.78, 5) is 0. The third-order valence-corrected chi connectivity index (χ3v) is 0. The van der Waals surface area contributed by atoms with Gasteiger partial charge in [0, 0.05) is 0 Å². The van der Waals surface area contributed by atoms with Crippen molar-refractivity contribution in [1.82, 2.24) is 12.3 Å². The van der Waals surface area contributed by atoms with E-state index < -0.39 is 10.2 Å². The molecule has 0 aliphatic carbocycles. The highest BCUT2D eigenvalue weighted by Crippen LogP contribution is 1.49. The summed E-state index contributed by atoms with van der Waals surface area (Å²) in [5.74, 6) is 0. The van der Waals surface area contributed by atoms with Gasteiger partial charge in [0.25, 0.3) is 0 Å². The van der Waals surface area contributed by atoms with Crippen LogP contribution in [0, 0.1) is 10.2 Å². The maximum atomic E-state index is 8.93. The average molecular weight is 199 g/mol. The Bertz CT molecular complexity index is 42.3. The highest BCUT2D eigenvalue weighted by atomic mass is 35.7. The molecule has 0 aromatic rings. The molecule has 0 spiro atoms. The van der Waals surface area contributed by atoms with E-state index in [9.17, 15) is 0 Å². The van der Waals surface area contributed by atoms with Crippen molar-refractivity contribution in [2.24, 2.45) is 0 Å². The van der Waals surface area contributed by atoms with E-state index in [2.05, 4.69) is 0 Å². The topological polar surface area (TPSA) is 220 Å². The molecule has 9 heteroatoms. The SMILES string of the molecule is CC[O-].O.[NH4+].[NH4+].[O-][Cl+3]([O-])([O-])[O-]. The Morgan fingerprint density at radius 1 is 1.00 bits per heavy atom. The second-order valence-corrected chi connectivity index (χ2v) is 1.42. The van der Waals surface area contributed by atoms with Crippen LogP contribution in [0.1, 0.15) is 6.92 Å². The fourth-order valence-electron chi connectivity index (χ4n) is 0. The van der Waals surface area contributed by atoms with Gasteiger partial charge >= 0.3 is 0 Å². The van der Waals surface area contributed by atoms with Gasteiger partial charge in [0.1, 0.15) is 0 Å². The minimum Gasteiger partial charge on any atom is -0.855 e. The van der Waals surface area contributed by atoms with Crippen molar-refractivity contribution < 1.29 is 39.5 Å². The first-order valence-electron chi connectivity index (χ1n) is 1.61. The van der Waals surface area contributed by atoms with E-state index in [1.165, 1.54) is 0 Å². The van der Waals surface area contributed by atoms with Crippen LogP contribution < -0.4 is 36.0 Å². The van der Waals surface area contributed by atoms with Crippen LogP contribution in [0.4, 0.5) is 0 Å². The molecule has 0 radical (unpaired) electrons. The predicted molar refractivity (Wildman–Crippen MR) is 26.1 cm³/mol. The van der Waals surface area contributed by atoms with Gasteiger partial charge in [-0.1, -0.05) is 6.92 Å². The van der Waals surface area contributed by atoms with Gasteiger partial charge in [-0.3, -0.25) is 0 Å². The lowest BCUT2D eigenvalue weighted by Crippen LogP contribution is -2.68. The van der Waals surface area contributed by atoms with Crippen molar-refractivity contribution >= 4 is 0 Å². The van der Waals surface area contributed by atoms with E-state index in [1.807, 2.05) is 0 Å². The molecule has 76 valence electrons. The molecule has 0 fully saturated rings. The number of hydrogen-bond acceptors (Lipinski definition) is 5. The number of rotatable bonds is 0. The first-order valence-corrected chi connectivity index (χ1v) is 2.85. The van der Waals surface area contributed by atoms with Crippen LogP contribution >= 0.6 is 0 Å². The maximum absolute atomic E-state index is 8.93. The predicted octanol–water partition coefficient (Wildman–Crippen LogP) is -5.46. The van der Waals surface area contributed by atoms with Crippen molar-refractivity contribution in [3.8, 4) is 0 Å². The van der Waals surface area contributed by atoms with Crippen molar-refractivity contribution in [2.45, 2.75) is 6.92 Å². The molecule has 0 amide bonds. The minimum absolute atomic E-state index is 0. The molecule has 0 aromatic carbocycles. The largest absolute Gasteiger partial charge is 0.855 e. The fraction of sp³-hybridized carbons (Fsp3) is 1.00. The molecule has 10 N–H and O–H groups in total. The Morgan fingerprint density at radius 2 is 1.00 bits per heavy atom. The van der Waals surface area contributed by atoms with Crippen LogP contribution in [-0.2, 0) is 0 Å². The smallest absolute Gasteiger partial charge is 0.0809 e. The normalized spacial score (nSPS) is 7.09. The molecule has 0 unspecified atom stereocenters. The van der Waals surface area contributed by atoms with E-state index in [1.54, 1.807) is 6.92 Å². The third-order valence-electron chi connectivity index (χ3n) is 0. The van der Waals surface area contributed by atoms with Gasteiger partial charge in [-0.25, -0.2) is 18.6 Å². The van der Waals surface area contributed by atoms with Gasteiger partial charge in [0.15, 0.2) is 0 Å². The summed E-state index contributed by atoms with van der Waals surface area (Å²) in [5.41, 5.74) is 0. The van der Waals surface area contributed by atoms with Crippen LogP contribution in [0.2, 0.25) is 0 Å². The Kier molecular flexibility index (Phi) is 45.9. The molecular formula is C2H15ClN2O6. The molecule has 0 aliphatic heterocycles. The summed E-state index contributed by atoms with van der Waals surface area (Å²) in [7, 11) is -4.94. The van der Waals surface area contributed by atoms with E-state index >= 15 is 0 Å². The van der Waals surface area contributed by atoms with Crippen molar-refractivity contribution in [1.29, 1.82) is 0 Å². The van der Waals surface area contributed by atoms with Crippen LogP contribution in [-0.4, -0.2) is 12.1 Å². The van der Waals surface area contributed by atoms with Gasteiger partial charge in [0.05, 0.1) is 0 Å². The summed E-state index contributed by atoms with van der Waals surface area (Å²) in [6.45, 7) is 1.57. The van der Waals surface area contributed by atoms with E-state index in [0.29, 0.717) is 0 Å². The Morgan fingerprint density at radius 3 is 1.00 bits per heavy atom. The van der Waals surface area contributed by atoms with E-state index in [-0.39, 0.29) is 24.4 Å². The molecule has 0 aromatic heterocycles. The molecule has 0 rings (SSSR count). The van der Waals surface area contributed by atoms with E-state index in [0.717, 1.165) is 0 Å². The highest BCUT2D eigenvalue weighted by Gasteiger charge is 1.84. The molecule has 0 aliphatic rings. The molecule has 8 nitrogen and oxygen atoms in total. The summed E-state index contributed by atoms with van der Waals surface area (Å²) >= 11 is 0. The first kappa shape index (κ1) is 30.6. The molecule has 0 saturated carbocycles. The molecule has 0 atom stereocenters. The summed E-state index contributed by atoms with van der Waals surface area (Å²) in [6, 6.07) is 0. The lowest BCUT2D eigenvalue weighted by molar-refractivity contribution is -2.00. The van der Waals surface area contributed by atoms with Gasteiger partial charge < -0.3 is 22.9 Å². The zero-order valence-corrected chi connectivity index (χ0v) is 7.38. The van der Waals surface area contributed by atoms with Crippen LogP contribution in [0.25, 0.3) is 0 Å². The molecule has 0 heterocycles. The first-order chi connectivity index (χ1) is 3.41. The minimum atomic E-state index is -4.94. The molecule has 11 heavy (non-hydrogen) atoms. The Balaban J connectivity index is -0.0000000183. The standard InChI is InChI=1S/C2H5O.ClHO4.2H3N.H2O/c1-2-3;2-1(3,4)5;;;/h2H2,1H3;(H,2,3,4,5);2*1H3;1H2/q-1;;;;/p+1. The average Bonchev–Trinajstić information content (AvgIpc) is 1.27. The summed E-state index contributed by atoms with van der Waals surface area (Å²) in [6.07, 6.45) is 0. The summed E-state index contributed by atoms with van der Waals surface area (Å²) < 4.78 is 34.0. The van der Waals surface area contributed by atoms with Gasteiger partial charge in [-0.05, 0) is 0 Å². The van der Waals surface area contributed by atoms with Crippen LogP contribution in [0.3, 0.4) is 0 Å².